The van der Waals surface area contributed by atoms with Crippen molar-refractivity contribution in [1.82, 2.24) is 29.9 Å². The van der Waals surface area contributed by atoms with Gasteiger partial charge < -0.3 is 5.73 Å². The highest BCUT2D eigenvalue weighted by Gasteiger charge is 2.18. The summed E-state index contributed by atoms with van der Waals surface area (Å²) in [5.41, 5.74) is 5.31. The van der Waals surface area contributed by atoms with Crippen LogP contribution in [0.2, 0.25) is 0 Å². The summed E-state index contributed by atoms with van der Waals surface area (Å²) in [7, 11) is -3.64. The highest BCUT2D eigenvalue weighted by Crippen LogP contribution is 2.15. The molecule has 0 amide bonds. The molecule has 2 aromatic heterocycles. The van der Waals surface area contributed by atoms with Crippen LogP contribution >= 0.6 is 11.3 Å². The van der Waals surface area contributed by atoms with E-state index in [4.69, 9.17) is 5.73 Å². The summed E-state index contributed by atoms with van der Waals surface area (Å²) in [4.78, 5) is 0. The molecule has 2 rings (SSSR count). The van der Waals surface area contributed by atoms with Crippen LogP contribution in [0.3, 0.4) is 0 Å². The van der Waals surface area contributed by atoms with Crippen LogP contribution in [-0.2, 0) is 16.6 Å². The van der Waals surface area contributed by atoms with Crippen molar-refractivity contribution in [3.8, 4) is 0 Å². The maximum atomic E-state index is 11.7. The highest BCUT2D eigenvalue weighted by molar-refractivity contribution is 7.91. The molecular weight excluding hydrogens is 266 g/mol. The van der Waals surface area contributed by atoms with E-state index in [0.717, 1.165) is 11.3 Å². The van der Waals surface area contributed by atoms with Crippen molar-refractivity contribution in [1.29, 1.82) is 0 Å². The van der Waals surface area contributed by atoms with Crippen molar-refractivity contribution in [2.24, 2.45) is 0 Å². The normalized spacial score (nSPS) is 11.8. The number of hydrogen-bond donors (Lipinski definition) is 2. The van der Waals surface area contributed by atoms with Gasteiger partial charge in [-0.25, -0.2) is 13.1 Å². The van der Waals surface area contributed by atoms with E-state index in [1.807, 2.05) is 0 Å². The Hall–Kier alpha value is -1.59. The summed E-state index contributed by atoms with van der Waals surface area (Å²) < 4.78 is 27.1. The number of nitrogens with one attached hydrogen (secondary N) is 1. The van der Waals surface area contributed by atoms with Gasteiger partial charge >= 0.3 is 0 Å². The highest BCUT2D eigenvalue weighted by atomic mass is 32.2. The van der Waals surface area contributed by atoms with E-state index in [0.29, 0.717) is 6.54 Å². The third-order valence-electron chi connectivity index (χ3n) is 1.76. The Balaban J connectivity index is 1.94. The van der Waals surface area contributed by atoms with E-state index in [1.165, 1.54) is 10.9 Å². The molecule has 3 N–H and O–H groups in total. The molecule has 0 unspecified atom stereocenters. The number of nitrogen functional groups attached to an aromatic ring is 1. The minimum Gasteiger partial charge on any atom is -0.374 e. The van der Waals surface area contributed by atoms with Crippen molar-refractivity contribution in [2.75, 3.05) is 12.3 Å². The van der Waals surface area contributed by atoms with Crippen LogP contribution in [0.15, 0.2) is 16.7 Å². The third kappa shape index (κ3) is 2.95. The van der Waals surface area contributed by atoms with E-state index < -0.39 is 10.0 Å². The second kappa shape index (κ2) is 4.73. The van der Waals surface area contributed by atoms with Gasteiger partial charge in [0.25, 0.3) is 10.0 Å². The molecule has 0 saturated carbocycles. The van der Waals surface area contributed by atoms with Gasteiger partial charge in [0, 0.05) is 12.7 Å². The molecule has 2 heterocycles. The topological polar surface area (TPSA) is 129 Å². The van der Waals surface area contributed by atoms with Crippen molar-refractivity contribution in [3.63, 3.8) is 0 Å². The van der Waals surface area contributed by atoms with Crippen LogP contribution in [0.1, 0.15) is 0 Å². The number of nitrogens with zero attached hydrogens (tertiary/aromatic N) is 5. The molecule has 0 aliphatic rings. The fourth-order valence-electron chi connectivity index (χ4n) is 1.04. The average Bonchev–Trinajstić information content (AvgIpc) is 2.89. The Bertz CT molecular complexity index is 575. The quantitative estimate of drug-likeness (QED) is 0.693. The van der Waals surface area contributed by atoms with Gasteiger partial charge in [-0.15, -0.1) is 15.3 Å². The molecule has 0 saturated heterocycles. The Kier molecular flexibility index (Phi) is 3.31. The molecule has 0 atom stereocenters. The number of rotatable bonds is 5. The Labute approximate surface area is 101 Å². The standard InChI is InChI=1S/C6H9N7O2S2/c7-5-10-11-6(16-5)17(14,15)9-2-4-13-3-1-8-12-13/h1,3,9H,2,4H2,(H2,7,10). The lowest BCUT2D eigenvalue weighted by atomic mass is 10.6. The lowest BCUT2D eigenvalue weighted by Gasteiger charge is -2.02. The summed E-state index contributed by atoms with van der Waals surface area (Å²) in [6.45, 7) is 0.568. The minimum atomic E-state index is -3.64. The second-order valence-electron chi connectivity index (χ2n) is 2.97. The van der Waals surface area contributed by atoms with Gasteiger partial charge in [-0.2, -0.15) is 0 Å². The van der Waals surface area contributed by atoms with Crippen molar-refractivity contribution in [2.45, 2.75) is 10.9 Å². The molecule has 9 nitrogen and oxygen atoms in total. The molecule has 0 aliphatic heterocycles. The molecule has 2 aromatic rings. The van der Waals surface area contributed by atoms with Gasteiger partial charge in [-0.3, -0.25) is 4.68 Å². The summed E-state index contributed by atoms with van der Waals surface area (Å²) in [5.74, 6) is 0. The molecule has 11 heteroatoms. The molecule has 0 fully saturated rings. The first-order valence-corrected chi connectivity index (χ1v) is 6.80. The van der Waals surface area contributed by atoms with E-state index in [2.05, 4.69) is 25.2 Å². The predicted octanol–water partition coefficient (Wildman–Crippen LogP) is -1.31. The molecular formula is C6H9N7O2S2. The summed E-state index contributed by atoms with van der Waals surface area (Å²) in [6, 6.07) is 0. The van der Waals surface area contributed by atoms with Crippen molar-refractivity contribution >= 4 is 26.5 Å². The van der Waals surface area contributed by atoms with E-state index in [-0.39, 0.29) is 16.0 Å². The number of aromatic nitrogens is 5. The van der Waals surface area contributed by atoms with E-state index in [1.54, 1.807) is 6.20 Å². The van der Waals surface area contributed by atoms with Crippen LogP contribution in [-0.4, -0.2) is 40.2 Å². The maximum Gasteiger partial charge on any atom is 0.269 e. The first kappa shape index (κ1) is 11.9. The van der Waals surface area contributed by atoms with Crippen LogP contribution in [0, 0.1) is 0 Å². The zero-order chi connectivity index (χ0) is 12.3. The third-order valence-corrected chi connectivity index (χ3v) is 4.34. The number of hydrogen-bond acceptors (Lipinski definition) is 8. The molecule has 17 heavy (non-hydrogen) atoms. The lowest BCUT2D eigenvalue weighted by Crippen LogP contribution is -2.27. The SMILES string of the molecule is Nc1nnc(S(=O)(=O)NCCn2ccnn2)s1. The summed E-state index contributed by atoms with van der Waals surface area (Å²) >= 11 is 0.813. The van der Waals surface area contributed by atoms with Crippen LogP contribution in [0.5, 0.6) is 0 Å². The first-order valence-electron chi connectivity index (χ1n) is 4.51. The predicted molar refractivity (Wildman–Crippen MR) is 59.5 cm³/mol. The Morgan fingerprint density at radius 3 is 2.88 bits per heavy atom. The molecule has 0 aromatic carbocycles. The van der Waals surface area contributed by atoms with E-state index in [9.17, 15) is 8.42 Å². The average molecular weight is 275 g/mol. The zero-order valence-corrected chi connectivity index (χ0v) is 10.1. The molecule has 0 bridgehead atoms. The minimum absolute atomic E-state index is 0.113. The van der Waals surface area contributed by atoms with Crippen LogP contribution in [0.4, 0.5) is 5.13 Å². The monoisotopic (exact) mass is 275 g/mol. The first-order chi connectivity index (χ1) is 8.08. The van der Waals surface area contributed by atoms with Gasteiger partial charge in [-0.1, -0.05) is 16.6 Å². The molecule has 0 radical (unpaired) electrons. The maximum absolute atomic E-state index is 11.7. The Morgan fingerprint density at radius 2 is 2.29 bits per heavy atom. The van der Waals surface area contributed by atoms with E-state index >= 15 is 0 Å². The molecule has 0 spiro atoms. The van der Waals surface area contributed by atoms with Crippen molar-refractivity contribution in [3.05, 3.63) is 12.4 Å². The van der Waals surface area contributed by atoms with Gasteiger partial charge in [0.05, 0.1) is 12.7 Å². The lowest BCUT2D eigenvalue weighted by molar-refractivity contribution is 0.551. The summed E-state index contributed by atoms with van der Waals surface area (Å²) in [6.07, 6.45) is 3.15. The van der Waals surface area contributed by atoms with Crippen LogP contribution in [0.25, 0.3) is 0 Å². The number of nitrogens with two attached hydrogens (primary N) is 1. The van der Waals surface area contributed by atoms with Crippen molar-refractivity contribution < 1.29 is 8.42 Å². The van der Waals surface area contributed by atoms with Gasteiger partial charge in [-0.05, 0) is 0 Å². The fourth-order valence-corrected chi connectivity index (χ4v) is 2.88. The van der Waals surface area contributed by atoms with Gasteiger partial charge in [0.15, 0.2) is 0 Å². The van der Waals surface area contributed by atoms with Crippen LogP contribution < -0.4 is 10.5 Å². The molecule has 92 valence electrons. The van der Waals surface area contributed by atoms with Gasteiger partial charge in [0.2, 0.25) is 9.47 Å². The fraction of sp³-hybridized carbons (Fsp3) is 0.333. The zero-order valence-electron chi connectivity index (χ0n) is 8.52. The number of anilines is 1. The summed E-state index contributed by atoms with van der Waals surface area (Å²) in [5, 5.41) is 14.3. The Morgan fingerprint density at radius 1 is 1.47 bits per heavy atom. The largest absolute Gasteiger partial charge is 0.374 e. The number of sulfonamides is 1. The molecule has 0 aliphatic carbocycles. The second-order valence-corrected chi connectivity index (χ2v) is 5.92. The smallest absolute Gasteiger partial charge is 0.269 e. The van der Waals surface area contributed by atoms with Gasteiger partial charge in [0.1, 0.15) is 0 Å².